The largest absolute Gasteiger partial charge is 0.497 e. The van der Waals surface area contributed by atoms with Crippen molar-refractivity contribution in [3.63, 3.8) is 0 Å². The van der Waals surface area contributed by atoms with Gasteiger partial charge in [0.15, 0.2) is 0 Å². The number of sulfonamides is 1. The molecule has 1 saturated heterocycles. The molecule has 0 bridgehead atoms. The van der Waals surface area contributed by atoms with Gasteiger partial charge in [-0.1, -0.05) is 18.6 Å². The molecule has 0 amide bonds. The molecule has 7 heteroatoms. The molecule has 2 aromatic carbocycles. The minimum absolute atomic E-state index is 0.0620. The monoisotopic (exact) mass is 392 g/mol. The number of methoxy groups -OCH3 is 1. The fourth-order valence-electron chi connectivity index (χ4n) is 3.42. The molecule has 0 aliphatic carbocycles. The lowest BCUT2D eigenvalue weighted by Crippen LogP contribution is -2.40. The Morgan fingerprint density at radius 1 is 1.11 bits per heavy atom. The minimum atomic E-state index is -3.71. The maximum Gasteiger partial charge on any atom is 0.240 e. The normalized spacial score (nSPS) is 16.8. The third-order valence-electron chi connectivity index (χ3n) is 4.90. The van der Waals surface area contributed by atoms with Gasteiger partial charge in [-0.15, -0.1) is 0 Å². The standard InChI is InChI=1S/C20H25FN2O3S/c1-26-18-7-5-6-16(14-18)20(23-12-3-2-4-13-23)15-22-27(24,25)19-10-8-17(21)9-11-19/h5-11,14,20,22H,2-4,12-13,15H2,1H3. The van der Waals surface area contributed by atoms with Crippen molar-refractivity contribution in [2.45, 2.75) is 30.2 Å². The van der Waals surface area contributed by atoms with Crippen molar-refractivity contribution in [3.05, 3.63) is 59.9 Å². The predicted octanol–water partition coefficient (Wildman–Crippen LogP) is 3.34. The quantitative estimate of drug-likeness (QED) is 0.785. The van der Waals surface area contributed by atoms with Crippen LogP contribution in [0.4, 0.5) is 4.39 Å². The van der Waals surface area contributed by atoms with E-state index in [2.05, 4.69) is 9.62 Å². The summed E-state index contributed by atoms with van der Waals surface area (Å²) in [5, 5.41) is 0. The zero-order chi connectivity index (χ0) is 19.3. The SMILES string of the molecule is COc1cccc(C(CNS(=O)(=O)c2ccc(F)cc2)N2CCCCC2)c1. The molecule has 27 heavy (non-hydrogen) atoms. The van der Waals surface area contributed by atoms with E-state index in [-0.39, 0.29) is 17.5 Å². The van der Waals surface area contributed by atoms with E-state index >= 15 is 0 Å². The summed E-state index contributed by atoms with van der Waals surface area (Å²) in [5.41, 5.74) is 1.01. The number of benzene rings is 2. The first kappa shape index (κ1) is 19.8. The lowest BCUT2D eigenvalue weighted by molar-refractivity contribution is 0.164. The van der Waals surface area contributed by atoms with Crippen LogP contribution in [0.3, 0.4) is 0 Å². The van der Waals surface area contributed by atoms with Crippen LogP contribution in [-0.2, 0) is 10.0 Å². The van der Waals surface area contributed by atoms with E-state index in [0.717, 1.165) is 49.4 Å². The van der Waals surface area contributed by atoms with Crippen molar-refractivity contribution in [3.8, 4) is 5.75 Å². The van der Waals surface area contributed by atoms with Gasteiger partial charge < -0.3 is 4.74 Å². The van der Waals surface area contributed by atoms with Gasteiger partial charge in [-0.25, -0.2) is 17.5 Å². The molecule has 0 radical (unpaired) electrons. The average molecular weight is 392 g/mol. The van der Waals surface area contributed by atoms with Gasteiger partial charge in [0.1, 0.15) is 11.6 Å². The number of halogens is 1. The van der Waals surface area contributed by atoms with Gasteiger partial charge >= 0.3 is 0 Å². The third kappa shape index (κ3) is 5.06. The zero-order valence-corrected chi connectivity index (χ0v) is 16.2. The van der Waals surface area contributed by atoms with Crippen molar-refractivity contribution in [1.82, 2.24) is 9.62 Å². The third-order valence-corrected chi connectivity index (χ3v) is 6.34. The molecule has 1 N–H and O–H groups in total. The Morgan fingerprint density at radius 3 is 2.48 bits per heavy atom. The van der Waals surface area contributed by atoms with Gasteiger partial charge in [0.05, 0.1) is 12.0 Å². The molecule has 146 valence electrons. The van der Waals surface area contributed by atoms with E-state index in [1.54, 1.807) is 7.11 Å². The summed E-state index contributed by atoms with van der Waals surface area (Å²) in [6, 6.07) is 12.5. The van der Waals surface area contributed by atoms with Gasteiger partial charge in [0.25, 0.3) is 0 Å². The molecule has 2 aromatic rings. The van der Waals surface area contributed by atoms with Crippen molar-refractivity contribution >= 4 is 10.0 Å². The Labute approximate surface area is 160 Å². The Morgan fingerprint density at radius 2 is 1.81 bits per heavy atom. The highest BCUT2D eigenvalue weighted by molar-refractivity contribution is 7.89. The smallest absolute Gasteiger partial charge is 0.240 e. The molecule has 3 rings (SSSR count). The summed E-state index contributed by atoms with van der Waals surface area (Å²) >= 11 is 0. The molecule has 0 saturated carbocycles. The van der Waals surface area contributed by atoms with Gasteiger partial charge in [-0.05, 0) is 67.9 Å². The fourth-order valence-corrected chi connectivity index (χ4v) is 4.46. The first-order valence-corrected chi connectivity index (χ1v) is 10.6. The average Bonchev–Trinajstić information content (AvgIpc) is 2.69. The summed E-state index contributed by atoms with van der Waals surface area (Å²) in [4.78, 5) is 2.37. The van der Waals surface area contributed by atoms with Crippen LogP contribution in [0.15, 0.2) is 53.4 Å². The van der Waals surface area contributed by atoms with E-state index < -0.39 is 15.8 Å². The van der Waals surface area contributed by atoms with Crippen LogP contribution in [0.1, 0.15) is 30.9 Å². The van der Waals surface area contributed by atoms with Crippen molar-refractivity contribution in [1.29, 1.82) is 0 Å². The molecule has 1 fully saturated rings. The van der Waals surface area contributed by atoms with Gasteiger partial charge in [-0.3, -0.25) is 4.90 Å². The van der Waals surface area contributed by atoms with Crippen LogP contribution >= 0.6 is 0 Å². The van der Waals surface area contributed by atoms with Gasteiger partial charge in [0, 0.05) is 12.6 Å². The van der Waals surface area contributed by atoms with Crippen molar-refractivity contribution < 1.29 is 17.5 Å². The lowest BCUT2D eigenvalue weighted by atomic mass is 10.0. The Kier molecular flexibility index (Phi) is 6.46. The predicted molar refractivity (Wildman–Crippen MR) is 103 cm³/mol. The van der Waals surface area contributed by atoms with Crippen LogP contribution < -0.4 is 9.46 Å². The van der Waals surface area contributed by atoms with Crippen molar-refractivity contribution in [2.75, 3.05) is 26.7 Å². The maximum atomic E-state index is 13.1. The van der Waals surface area contributed by atoms with E-state index in [1.165, 1.54) is 18.6 Å². The highest BCUT2D eigenvalue weighted by atomic mass is 32.2. The molecule has 1 unspecified atom stereocenters. The molecule has 0 spiro atoms. The first-order chi connectivity index (χ1) is 13.0. The van der Waals surface area contributed by atoms with Crippen LogP contribution in [0, 0.1) is 5.82 Å². The Bertz CT molecular complexity index is 850. The summed E-state index contributed by atoms with van der Waals surface area (Å²) in [5.74, 6) is 0.285. The number of piperidine rings is 1. The topological polar surface area (TPSA) is 58.6 Å². The number of hydrogen-bond donors (Lipinski definition) is 1. The zero-order valence-electron chi connectivity index (χ0n) is 15.4. The number of nitrogens with one attached hydrogen (secondary N) is 1. The Balaban J connectivity index is 1.81. The second-order valence-corrected chi connectivity index (χ2v) is 8.46. The van der Waals surface area contributed by atoms with Crippen LogP contribution in [0.5, 0.6) is 5.75 Å². The van der Waals surface area contributed by atoms with E-state index in [4.69, 9.17) is 4.74 Å². The molecular weight excluding hydrogens is 367 g/mol. The minimum Gasteiger partial charge on any atom is -0.497 e. The highest BCUT2D eigenvalue weighted by Gasteiger charge is 2.25. The van der Waals surface area contributed by atoms with Crippen LogP contribution in [0.2, 0.25) is 0 Å². The first-order valence-electron chi connectivity index (χ1n) is 9.13. The summed E-state index contributed by atoms with van der Waals surface area (Å²) in [7, 11) is -2.09. The molecule has 5 nitrogen and oxygen atoms in total. The van der Waals surface area contributed by atoms with E-state index in [9.17, 15) is 12.8 Å². The maximum absolute atomic E-state index is 13.1. The number of ether oxygens (including phenoxy) is 1. The molecule has 0 aromatic heterocycles. The van der Waals surface area contributed by atoms with Crippen LogP contribution in [-0.4, -0.2) is 40.1 Å². The lowest BCUT2D eigenvalue weighted by Gasteiger charge is -2.35. The second kappa shape index (κ2) is 8.82. The molecule has 1 aliphatic heterocycles. The van der Waals surface area contributed by atoms with E-state index in [1.807, 2.05) is 24.3 Å². The molecule has 1 heterocycles. The second-order valence-electron chi connectivity index (χ2n) is 6.69. The molecular formula is C20H25FN2O3S. The van der Waals surface area contributed by atoms with Crippen LogP contribution in [0.25, 0.3) is 0 Å². The number of nitrogens with zero attached hydrogens (tertiary/aromatic N) is 1. The van der Waals surface area contributed by atoms with Gasteiger partial charge in [-0.2, -0.15) is 0 Å². The van der Waals surface area contributed by atoms with Gasteiger partial charge in [0.2, 0.25) is 10.0 Å². The summed E-state index contributed by atoms with van der Waals surface area (Å²) < 4.78 is 46.3. The number of rotatable bonds is 7. The Hall–Kier alpha value is -1.96. The van der Waals surface area contributed by atoms with Crippen molar-refractivity contribution in [2.24, 2.45) is 0 Å². The summed E-state index contributed by atoms with van der Waals surface area (Å²) in [6.07, 6.45) is 3.40. The molecule has 1 aliphatic rings. The summed E-state index contributed by atoms with van der Waals surface area (Å²) in [6.45, 7) is 2.10. The highest BCUT2D eigenvalue weighted by Crippen LogP contribution is 2.27. The number of hydrogen-bond acceptors (Lipinski definition) is 4. The van der Waals surface area contributed by atoms with E-state index in [0.29, 0.717) is 0 Å². The molecule has 1 atom stereocenters. The fraction of sp³-hybridized carbons (Fsp3) is 0.400. The number of likely N-dealkylation sites (tertiary alicyclic amines) is 1.